The predicted octanol–water partition coefficient (Wildman–Crippen LogP) is 3.35. The van der Waals surface area contributed by atoms with Crippen LogP contribution in [0.4, 0.5) is 0 Å². The smallest absolute Gasteiger partial charge is 0.156 e. The molecule has 1 aromatic rings. The second kappa shape index (κ2) is 9.11. The number of rotatable bonds is 8. The summed E-state index contributed by atoms with van der Waals surface area (Å²) >= 11 is 1.82. The average Bonchev–Trinajstić information content (AvgIpc) is 2.91. The maximum absolute atomic E-state index is 5.58. The third kappa shape index (κ3) is 6.53. The summed E-state index contributed by atoms with van der Waals surface area (Å²) in [5.74, 6) is 1.81. The van der Waals surface area contributed by atoms with Crippen molar-refractivity contribution in [2.24, 2.45) is 10.9 Å². The second-order valence-corrected chi connectivity index (χ2v) is 6.83. The van der Waals surface area contributed by atoms with E-state index in [-0.39, 0.29) is 0 Å². The number of benzene rings is 1. The van der Waals surface area contributed by atoms with E-state index in [2.05, 4.69) is 54.5 Å². The fraction of sp³-hybridized carbons (Fsp3) is 0.588. The van der Waals surface area contributed by atoms with E-state index in [0.717, 1.165) is 43.5 Å². The fourth-order valence-electron chi connectivity index (χ4n) is 2.17. The minimum atomic E-state index is 0.498. The van der Waals surface area contributed by atoms with Gasteiger partial charge in [0.15, 0.2) is 5.17 Å². The average molecular weight is 306 g/mol. The molecule has 1 aliphatic rings. The molecule has 2 rings (SSSR count). The quantitative estimate of drug-likeness (QED) is 0.748. The van der Waals surface area contributed by atoms with Crippen molar-refractivity contribution >= 4 is 16.9 Å². The van der Waals surface area contributed by atoms with Gasteiger partial charge in [0, 0.05) is 18.4 Å². The Kier molecular flexibility index (Phi) is 7.10. The van der Waals surface area contributed by atoms with Crippen LogP contribution in [0.1, 0.15) is 25.8 Å². The highest BCUT2D eigenvalue weighted by Crippen LogP contribution is 2.17. The molecule has 4 heteroatoms. The molecule has 1 aromatic carbocycles. The van der Waals surface area contributed by atoms with E-state index in [0.29, 0.717) is 12.0 Å². The summed E-state index contributed by atoms with van der Waals surface area (Å²) in [4.78, 5) is 4.58. The molecular weight excluding hydrogens is 280 g/mol. The number of nitrogens with one attached hydrogen (secondary N) is 1. The van der Waals surface area contributed by atoms with Crippen LogP contribution in [0, 0.1) is 5.92 Å². The Hall–Kier alpha value is -1.00. The lowest BCUT2D eigenvalue weighted by atomic mass is 10.1. The molecule has 1 saturated heterocycles. The molecule has 0 amide bonds. The molecule has 1 fully saturated rings. The highest BCUT2D eigenvalue weighted by atomic mass is 32.2. The first-order valence-electron chi connectivity index (χ1n) is 7.79. The predicted molar refractivity (Wildman–Crippen MR) is 92.1 cm³/mol. The second-order valence-electron chi connectivity index (χ2n) is 5.82. The zero-order chi connectivity index (χ0) is 14.9. The van der Waals surface area contributed by atoms with Crippen LogP contribution in [-0.2, 0) is 11.2 Å². The summed E-state index contributed by atoms with van der Waals surface area (Å²) in [6, 6.07) is 11.1. The van der Waals surface area contributed by atoms with Gasteiger partial charge < -0.3 is 10.1 Å². The van der Waals surface area contributed by atoms with Gasteiger partial charge in [-0.25, -0.2) is 0 Å². The number of ether oxygens (including phenoxy) is 1. The minimum absolute atomic E-state index is 0.498. The van der Waals surface area contributed by atoms with Crippen molar-refractivity contribution in [3.05, 3.63) is 35.9 Å². The first kappa shape index (κ1) is 16.4. The van der Waals surface area contributed by atoms with Gasteiger partial charge in [-0.15, -0.1) is 0 Å². The molecule has 0 spiro atoms. The molecule has 1 atom stereocenters. The minimum Gasteiger partial charge on any atom is -0.380 e. The highest BCUT2D eigenvalue weighted by molar-refractivity contribution is 8.14. The zero-order valence-electron chi connectivity index (χ0n) is 13.0. The van der Waals surface area contributed by atoms with Crippen molar-refractivity contribution in [2.75, 3.05) is 25.5 Å². The number of hydrogen-bond acceptors (Lipinski definition) is 3. The van der Waals surface area contributed by atoms with Gasteiger partial charge in [0.25, 0.3) is 0 Å². The highest BCUT2D eigenvalue weighted by Gasteiger charge is 2.19. The molecule has 1 heterocycles. The van der Waals surface area contributed by atoms with Crippen LogP contribution in [0.25, 0.3) is 0 Å². The Morgan fingerprint density at radius 2 is 2.10 bits per heavy atom. The third-order valence-corrected chi connectivity index (χ3v) is 4.49. The molecule has 0 saturated carbocycles. The van der Waals surface area contributed by atoms with Gasteiger partial charge in [0.05, 0.1) is 13.2 Å². The topological polar surface area (TPSA) is 33.6 Å². The lowest BCUT2D eigenvalue weighted by Gasteiger charge is -2.09. The Balaban J connectivity index is 1.62. The van der Waals surface area contributed by atoms with Gasteiger partial charge in [0.1, 0.15) is 0 Å². The summed E-state index contributed by atoms with van der Waals surface area (Å²) in [6.45, 7) is 6.76. The standard InChI is InChI=1S/C17H26N2OS/c1-14(2)8-10-20-11-9-18-17-19-16(13-21-17)12-15-6-4-3-5-7-15/h3-7,14,16H,8-13H2,1-2H3,(H,18,19). The number of nitrogens with zero attached hydrogens (tertiary/aromatic N) is 1. The van der Waals surface area contributed by atoms with Gasteiger partial charge in [-0.05, 0) is 24.3 Å². The van der Waals surface area contributed by atoms with Gasteiger partial charge >= 0.3 is 0 Å². The third-order valence-electron chi connectivity index (χ3n) is 3.40. The maximum Gasteiger partial charge on any atom is 0.156 e. The van der Waals surface area contributed by atoms with Gasteiger partial charge in [-0.2, -0.15) is 0 Å². The first-order chi connectivity index (χ1) is 10.2. The van der Waals surface area contributed by atoms with E-state index in [1.165, 1.54) is 5.56 Å². The molecule has 1 aliphatic heterocycles. The van der Waals surface area contributed by atoms with Crippen molar-refractivity contribution in [2.45, 2.75) is 32.7 Å². The molecular formula is C17H26N2OS. The summed E-state index contributed by atoms with van der Waals surface area (Å²) in [7, 11) is 0. The Labute approximate surface area is 132 Å². The van der Waals surface area contributed by atoms with Gasteiger partial charge in [-0.3, -0.25) is 4.99 Å². The van der Waals surface area contributed by atoms with E-state index in [4.69, 9.17) is 4.74 Å². The molecule has 3 nitrogen and oxygen atoms in total. The van der Waals surface area contributed by atoms with Crippen molar-refractivity contribution in [1.29, 1.82) is 0 Å². The molecule has 116 valence electrons. The number of amidine groups is 1. The maximum atomic E-state index is 5.58. The van der Waals surface area contributed by atoms with Crippen LogP contribution in [-0.4, -0.2) is 36.7 Å². The van der Waals surface area contributed by atoms with Gasteiger partial charge in [0.2, 0.25) is 0 Å². The zero-order valence-corrected chi connectivity index (χ0v) is 13.9. The van der Waals surface area contributed by atoms with Crippen LogP contribution < -0.4 is 5.32 Å². The lowest BCUT2D eigenvalue weighted by molar-refractivity contribution is 0.131. The molecule has 1 N–H and O–H groups in total. The lowest BCUT2D eigenvalue weighted by Crippen LogP contribution is -2.29. The van der Waals surface area contributed by atoms with E-state index in [1.54, 1.807) is 0 Å². The monoisotopic (exact) mass is 306 g/mol. The van der Waals surface area contributed by atoms with Crippen LogP contribution in [0.5, 0.6) is 0 Å². The summed E-state index contributed by atoms with van der Waals surface area (Å²) in [5, 5.41) is 4.58. The number of aliphatic imine (C=N–C) groups is 1. The summed E-state index contributed by atoms with van der Waals surface area (Å²) in [6.07, 6.45) is 2.19. The first-order valence-corrected chi connectivity index (χ1v) is 8.78. The molecule has 0 bridgehead atoms. The van der Waals surface area contributed by atoms with E-state index in [9.17, 15) is 0 Å². The summed E-state index contributed by atoms with van der Waals surface area (Å²) < 4.78 is 5.58. The van der Waals surface area contributed by atoms with Crippen LogP contribution >= 0.6 is 11.8 Å². The fourth-order valence-corrected chi connectivity index (χ4v) is 3.16. The molecule has 0 radical (unpaired) electrons. The molecule has 0 aromatic heterocycles. The summed E-state index contributed by atoms with van der Waals surface area (Å²) in [5.41, 5.74) is 1.38. The van der Waals surface area contributed by atoms with Crippen LogP contribution in [0.2, 0.25) is 0 Å². The SMILES string of the molecule is CC(C)CCOCCN=C1NC(Cc2ccccc2)CS1. The molecule has 0 aliphatic carbocycles. The molecule has 21 heavy (non-hydrogen) atoms. The Morgan fingerprint density at radius 3 is 2.86 bits per heavy atom. The Morgan fingerprint density at radius 1 is 1.29 bits per heavy atom. The largest absolute Gasteiger partial charge is 0.380 e. The molecule has 1 unspecified atom stereocenters. The normalized spacial score (nSPS) is 20.1. The number of thioether (sulfide) groups is 1. The van der Waals surface area contributed by atoms with E-state index in [1.807, 2.05) is 11.8 Å². The van der Waals surface area contributed by atoms with E-state index >= 15 is 0 Å². The van der Waals surface area contributed by atoms with Crippen LogP contribution in [0.15, 0.2) is 35.3 Å². The van der Waals surface area contributed by atoms with Gasteiger partial charge in [-0.1, -0.05) is 55.9 Å². The van der Waals surface area contributed by atoms with Crippen molar-refractivity contribution in [1.82, 2.24) is 5.32 Å². The van der Waals surface area contributed by atoms with Crippen LogP contribution in [0.3, 0.4) is 0 Å². The Bertz CT molecular complexity index is 434. The number of hydrogen-bond donors (Lipinski definition) is 1. The van der Waals surface area contributed by atoms with Crippen molar-refractivity contribution in [3.63, 3.8) is 0 Å². The van der Waals surface area contributed by atoms with Crippen molar-refractivity contribution in [3.8, 4) is 0 Å². The van der Waals surface area contributed by atoms with E-state index < -0.39 is 0 Å². The van der Waals surface area contributed by atoms with Crippen molar-refractivity contribution < 1.29 is 4.74 Å².